The van der Waals surface area contributed by atoms with Crippen LogP contribution in [0.25, 0.3) is 10.9 Å². The first-order valence-electron chi connectivity index (χ1n) is 6.61. The summed E-state index contributed by atoms with van der Waals surface area (Å²) in [4.78, 5) is 4.53. The number of hydrogen-bond donors (Lipinski definition) is 1. The van der Waals surface area contributed by atoms with E-state index in [0.717, 1.165) is 16.6 Å². The van der Waals surface area contributed by atoms with Crippen molar-refractivity contribution in [3.8, 4) is 11.5 Å². The molecule has 106 valence electrons. The standard InChI is InChI=1S/C17H14ClNO2/c1-11-5-6-12-3-2-4-16(17(12)19-11)21-14-8-7-13(10-20)15(18)9-14/h2-9,20H,10H2,1H3. The third kappa shape index (κ3) is 2.84. The molecule has 1 aromatic heterocycles. The van der Waals surface area contributed by atoms with E-state index < -0.39 is 0 Å². The van der Waals surface area contributed by atoms with Gasteiger partial charge in [-0.25, -0.2) is 4.98 Å². The Kier molecular flexibility index (Phi) is 3.78. The molecule has 0 spiro atoms. The molecule has 0 saturated carbocycles. The average Bonchev–Trinajstić information content (AvgIpc) is 2.48. The van der Waals surface area contributed by atoms with Gasteiger partial charge in [0.25, 0.3) is 0 Å². The molecule has 1 heterocycles. The molecular weight excluding hydrogens is 286 g/mol. The molecule has 1 N–H and O–H groups in total. The number of nitrogens with zero attached hydrogens (tertiary/aromatic N) is 1. The van der Waals surface area contributed by atoms with Gasteiger partial charge in [-0.05, 0) is 36.8 Å². The lowest BCUT2D eigenvalue weighted by molar-refractivity contribution is 0.282. The predicted molar refractivity (Wildman–Crippen MR) is 83.9 cm³/mol. The first-order valence-corrected chi connectivity index (χ1v) is 6.98. The molecule has 0 aliphatic rings. The fraction of sp³-hybridized carbons (Fsp3) is 0.118. The Bertz CT molecular complexity index is 802. The van der Waals surface area contributed by atoms with Gasteiger partial charge in [-0.15, -0.1) is 0 Å². The summed E-state index contributed by atoms with van der Waals surface area (Å²) < 4.78 is 5.90. The van der Waals surface area contributed by atoms with Crippen LogP contribution in [0.5, 0.6) is 11.5 Å². The van der Waals surface area contributed by atoms with E-state index in [9.17, 15) is 0 Å². The van der Waals surface area contributed by atoms with E-state index in [1.54, 1.807) is 18.2 Å². The number of ether oxygens (including phenoxy) is 1. The Balaban J connectivity index is 2.01. The number of hydrogen-bond acceptors (Lipinski definition) is 3. The van der Waals surface area contributed by atoms with Crippen LogP contribution in [0.15, 0.2) is 48.5 Å². The van der Waals surface area contributed by atoms with Crippen molar-refractivity contribution in [3.63, 3.8) is 0 Å². The molecule has 0 bridgehead atoms. The summed E-state index contributed by atoms with van der Waals surface area (Å²) >= 11 is 6.08. The normalized spacial score (nSPS) is 10.8. The van der Waals surface area contributed by atoms with E-state index in [0.29, 0.717) is 22.1 Å². The van der Waals surface area contributed by atoms with Gasteiger partial charge in [0.05, 0.1) is 6.61 Å². The van der Waals surface area contributed by atoms with Crippen LogP contribution in [0.4, 0.5) is 0 Å². The first-order chi connectivity index (χ1) is 10.2. The Morgan fingerprint density at radius 2 is 2.00 bits per heavy atom. The van der Waals surface area contributed by atoms with Crippen molar-refractivity contribution in [1.82, 2.24) is 4.98 Å². The van der Waals surface area contributed by atoms with Crippen molar-refractivity contribution < 1.29 is 9.84 Å². The second-order valence-corrected chi connectivity index (χ2v) is 5.20. The van der Waals surface area contributed by atoms with Crippen molar-refractivity contribution in [2.45, 2.75) is 13.5 Å². The summed E-state index contributed by atoms with van der Waals surface area (Å²) in [6, 6.07) is 15.0. The van der Waals surface area contributed by atoms with Crippen LogP contribution in [0.2, 0.25) is 5.02 Å². The largest absolute Gasteiger partial charge is 0.455 e. The molecule has 21 heavy (non-hydrogen) atoms. The van der Waals surface area contributed by atoms with E-state index >= 15 is 0 Å². The highest BCUT2D eigenvalue weighted by Crippen LogP contribution is 2.31. The van der Waals surface area contributed by atoms with Crippen LogP contribution in [0, 0.1) is 6.92 Å². The summed E-state index contributed by atoms with van der Waals surface area (Å²) in [6.45, 7) is 1.86. The second kappa shape index (κ2) is 5.72. The van der Waals surface area contributed by atoms with Gasteiger partial charge < -0.3 is 9.84 Å². The lowest BCUT2D eigenvalue weighted by atomic mass is 10.2. The highest BCUT2D eigenvalue weighted by molar-refractivity contribution is 6.31. The number of rotatable bonds is 3. The Morgan fingerprint density at radius 1 is 1.14 bits per heavy atom. The molecule has 0 aliphatic heterocycles. The number of halogens is 1. The molecule has 3 nitrogen and oxygen atoms in total. The van der Waals surface area contributed by atoms with Crippen LogP contribution >= 0.6 is 11.6 Å². The second-order valence-electron chi connectivity index (χ2n) is 4.79. The maximum Gasteiger partial charge on any atom is 0.153 e. The molecule has 0 radical (unpaired) electrons. The summed E-state index contributed by atoms with van der Waals surface area (Å²) in [5.41, 5.74) is 2.43. The molecule has 0 amide bonds. The van der Waals surface area contributed by atoms with Crippen molar-refractivity contribution >= 4 is 22.5 Å². The predicted octanol–water partition coefficient (Wildman–Crippen LogP) is 4.48. The molecule has 0 unspecified atom stereocenters. The third-order valence-electron chi connectivity index (χ3n) is 3.25. The van der Waals surface area contributed by atoms with Crippen molar-refractivity contribution in [3.05, 3.63) is 64.8 Å². The number of aromatic nitrogens is 1. The Morgan fingerprint density at radius 3 is 2.76 bits per heavy atom. The van der Waals surface area contributed by atoms with E-state index in [4.69, 9.17) is 21.4 Å². The fourth-order valence-corrected chi connectivity index (χ4v) is 2.38. The molecule has 3 rings (SSSR count). The summed E-state index contributed by atoms with van der Waals surface area (Å²) in [7, 11) is 0. The third-order valence-corrected chi connectivity index (χ3v) is 3.60. The first kappa shape index (κ1) is 13.9. The number of fused-ring (bicyclic) bond motifs is 1. The van der Waals surface area contributed by atoms with Gasteiger partial charge in [0, 0.05) is 16.1 Å². The lowest BCUT2D eigenvalue weighted by Gasteiger charge is -2.10. The maximum atomic E-state index is 9.14. The molecule has 0 fully saturated rings. The summed E-state index contributed by atoms with van der Waals surface area (Å²) in [5.74, 6) is 1.30. The molecule has 0 aliphatic carbocycles. The quantitative estimate of drug-likeness (QED) is 0.775. The van der Waals surface area contributed by atoms with Gasteiger partial charge in [-0.1, -0.05) is 35.9 Å². The minimum atomic E-state index is -0.0892. The van der Waals surface area contributed by atoms with Crippen LogP contribution in [-0.4, -0.2) is 10.1 Å². The topological polar surface area (TPSA) is 42.4 Å². The van der Waals surface area contributed by atoms with Crippen molar-refractivity contribution in [1.29, 1.82) is 0 Å². The monoisotopic (exact) mass is 299 g/mol. The van der Waals surface area contributed by atoms with E-state index in [1.807, 2.05) is 37.3 Å². The van der Waals surface area contributed by atoms with Gasteiger partial charge in [-0.3, -0.25) is 0 Å². The van der Waals surface area contributed by atoms with Crippen LogP contribution < -0.4 is 4.74 Å². The Labute approximate surface area is 127 Å². The molecule has 3 aromatic rings. The number of benzene rings is 2. The van der Waals surface area contributed by atoms with Gasteiger partial charge in [0.2, 0.25) is 0 Å². The van der Waals surface area contributed by atoms with Crippen LogP contribution in [-0.2, 0) is 6.61 Å². The highest BCUT2D eigenvalue weighted by atomic mass is 35.5. The summed E-state index contributed by atoms with van der Waals surface area (Å²) in [5, 5.41) is 10.6. The molecule has 0 saturated heterocycles. The fourth-order valence-electron chi connectivity index (χ4n) is 2.15. The maximum absolute atomic E-state index is 9.14. The molecule has 0 atom stereocenters. The summed E-state index contributed by atoms with van der Waals surface area (Å²) in [6.07, 6.45) is 0. The van der Waals surface area contributed by atoms with E-state index in [2.05, 4.69) is 4.98 Å². The number of pyridine rings is 1. The van der Waals surface area contributed by atoms with Gasteiger partial charge >= 0.3 is 0 Å². The van der Waals surface area contributed by atoms with Crippen LogP contribution in [0.3, 0.4) is 0 Å². The number of para-hydroxylation sites is 1. The molecule has 2 aromatic carbocycles. The van der Waals surface area contributed by atoms with Gasteiger partial charge in [-0.2, -0.15) is 0 Å². The number of aliphatic hydroxyl groups excluding tert-OH is 1. The minimum absolute atomic E-state index is 0.0892. The zero-order valence-corrected chi connectivity index (χ0v) is 12.3. The zero-order valence-electron chi connectivity index (χ0n) is 11.5. The number of aryl methyl sites for hydroxylation is 1. The smallest absolute Gasteiger partial charge is 0.153 e. The van der Waals surface area contributed by atoms with E-state index in [1.165, 1.54) is 0 Å². The lowest BCUT2D eigenvalue weighted by Crippen LogP contribution is -1.91. The SMILES string of the molecule is Cc1ccc2cccc(Oc3ccc(CO)c(Cl)c3)c2n1. The zero-order chi connectivity index (χ0) is 14.8. The Hall–Kier alpha value is -2.10. The van der Waals surface area contributed by atoms with Crippen molar-refractivity contribution in [2.24, 2.45) is 0 Å². The number of aliphatic hydroxyl groups is 1. The van der Waals surface area contributed by atoms with Gasteiger partial charge in [0.1, 0.15) is 11.3 Å². The van der Waals surface area contributed by atoms with Gasteiger partial charge in [0.15, 0.2) is 5.75 Å². The molecule has 4 heteroatoms. The minimum Gasteiger partial charge on any atom is -0.455 e. The van der Waals surface area contributed by atoms with Crippen molar-refractivity contribution in [2.75, 3.05) is 0 Å². The highest BCUT2D eigenvalue weighted by Gasteiger charge is 2.07. The van der Waals surface area contributed by atoms with Crippen LogP contribution in [0.1, 0.15) is 11.3 Å². The molecular formula is C17H14ClNO2. The van der Waals surface area contributed by atoms with E-state index in [-0.39, 0.29) is 6.61 Å². The average molecular weight is 300 g/mol.